The highest BCUT2D eigenvalue weighted by atomic mass is 16.5. The normalized spacial score (nSPS) is 21.5. The van der Waals surface area contributed by atoms with Gasteiger partial charge in [-0.25, -0.2) is 4.98 Å². The van der Waals surface area contributed by atoms with E-state index in [1.54, 1.807) is 12.3 Å². The SMILES string of the molecule is N#Cc1ccc(C2CNCCO2)cn1. The van der Waals surface area contributed by atoms with Crippen LogP contribution in [0.3, 0.4) is 0 Å². The zero-order chi connectivity index (χ0) is 9.80. The van der Waals surface area contributed by atoms with Gasteiger partial charge in [-0.15, -0.1) is 0 Å². The van der Waals surface area contributed by atoms with Crippen LogP contribution in [0.15, 0.2) is 18.3 Å². The summed E-state index contributed by atoms with van der Waals surface area (Å²) in [5.74, 6) is 0. The van der Waals surface area contributed by atoms with E-state index >= 15 is 0 Å². The molecule has 14 heavy (non-hydrogen) atoms. The molecule has 2 rings (SSSR count). The number of hydrogen-bond acceptors (Lipinski definition) is 4. The Kier molecular flexibility index (Phi) is 2.73. The number of ether oxygens (including phenoxy) is 1. The van der Waals surface area contributed by atoms with Crippen molar-refractivity contribution in [3.05, 3.63) is 29.6 Å². The molecule has 0 aromatic carbocycles. The first-order valence-electron chi connectivity index (χ1n) is 4.58. The van der Waals surface area contributed by atoms with E-state index in [-0.39, 0.29) is 6.10 Å². The Labute approximate surface area is 82.5 Å². The molecule has 1 aromatic heterocycles. The topological polar surface area (TPSA) is 57.9 Å². The minimum Gasteiger partial charge on any atom is -0.371 e. The van der Waals surface area contributed by atoms with Crippen LogP contribution in [0, 0.1) is 11.3 Å². The van der Waals surface area contributed by atoms with Crippen LogP contribution in [0.2, 0.25) is 0 Å². The van der Waals surface area contributed by atoms with Gasteiger partial charge in [0.1, 0.15) is 11.8 Å². The van der Waals surface area contributed by atoms with Gasteiger partial charge in [0.2, 0.25) is 0 Å². The number of nitrogens with one attached hydrogen (secondary N) is 1. The summed E-state index contributed by atoms with van der Waals surface area (Å²) >= 11 is 0. The van der Waals surface area contributed by atoms with Crippen molar-refractivity contribution >= 4 is 0 Å². The van der Waals surface area contributed by atoms with E-state index in [9.17, 15) is 0 Å². The Balaban J connectivity index is 2.12. The van der Waals surface area contributed by atoms with Crippen molar-refractivity contribution in [1.29, 1.82) is 5.26 Å². The van der Waals surface area contributed by atoms with E-state index in [0.717, 1.165) is 25.3 Å². The Morgan fingerprint density at radius 3 is 3.07 bits per heavy atom. The molecule has 1 fully saturated rings. The third-order valence-corrected chi connectivity index (χ3v) is 2.20. The number of nitriles is 1. The minimum atomic E-state index is 0.0731. The fourth-order valence-corrected chi connectivity index (χ4v) is 1.44. The highest BCUT2D eigenvalue weighted by Gasteiger charge is 2.15. The first-order chi connectivity index (χ1) is 6.90. The second-order valence-electron chi connectivity index (χ2n) is 3.15. The molecule has 1 saturated heterocycles. The van der Waals surface area contributed by atoms with Crippen molar-refractivity contribution in [2.75, 3.05) is 19.7 Å². The van der Waals surface area contributed by atoms with Crippen molar-refractivity contribution in [2.24, 2.45) is 0 Å². The first-order valence-corrected chi connectivity index (χ1v) is 4.58. The van der Waals surface area contributed by atoms with Gasteiger partial charge < -0.3 is 10.1 Å². The van der Waals surface area contributed by atoms with Crippen LogP contribution < -0.4 is 5.32 Å². The summed E-state index contributed by atoms with van der Waals surface area (Å²) in [6, 6.07) is 5.60. The van der Waals surface area contributed by atoms with Gasteiger partial charge in [0.05, 0.1) is 12.7 Å². The summed E-state index contributed by atoms with van der Waals surface area (Å²) < 4.78 is 5.55. The van der Waals surface area contributed by atoms with Crippen molar-refractivity contribution in [2.45, 2.75) is 6.10 Å². The predicted molar refractivity (Wildman–Crippen MR) is 50.5 cm³/mol. The molecule has 2 heterocycles. The number of aromatic nitrogens is 1. The second-order valence-corrected chi connectivity index (χ2v) is 3.15. The molecule has 0 bridgehead atoms. The summed E-state index contributed by atoms with van der Waals surface area (Å²) in [4.78, 5) is 4.00. The minimum absolute atomic E-state index is 0.0731. The molecule has 72 valence electrons. The van der Waals surface area contributed by atoms with Crippen LogP contribution in [0.4, 0.5) is 0 Å². The van der Waals surface area contributed by atoms with Gasteiger partial charge in [0.25, 0.3) is 0 Å². The summed E-state index contributed by atoms with van der Waals surface area (Å²) in [6.07, 6.45) is 1.78. The average molecular weight is 189 g/mol. The van der Waals surface area contributed by atoms with Crippen LogP contribution in [-0.4, -0.2) is 24.7 Å². The summed E-state index contributed by atoms with van der Waals surface area (Å²) in [5.41, 5.74) is 1.47. The quantitative estimate of drug-likeness (QED) is 0.703. The van der Waals surface area contributed by atoms with Crippen LogP contribution in [0.5, 0.6) is 0 Å². The standard InChI is InChI=1S/C10H11N3O/c11-5-9-2-1-8(6-13-9)10-7-12-3-4-14-10/h1-2,6,10,12H,3-4,7H2. The third-order valence-electron chi connectivity index (χ3n) is 2.20. The van der Waals surface area contributed by atoms with Gasteiger partial charge in [0, 0.05) is 24.8 Å². The van der Waals surface area contributed by atoms with Gasteiger partial charge in [-0.2, -0.15) is 5.26 Å². The number of pyridine rings is 1. The van der Waals surface area contributed by atoms with E-state index in [1.807, 2.05) is 12.1 Å². The van der Waals surface area contributed by atoms with Gasteiger partial charge in [-0.1, -0.05) is 6.07 Å². The number of morpholine rings is 1. The molecule has 1 aliphatic rings. The highest BCUT2D eigenvalue weighted by Crippen LogP contribution is 2.17. The lowest BCUT2D eigenvalue weighted by Gasteiger charge is -2.23. The van der Waals surface area contributed by atoms with Gasteiger partial charge in [-0.3, -0.25) is 0 Å². The fraction of sp³-hybridized carbons (Fsp3) is 0.400. The number of hydrogen-bond donors (Lipinski definition) is 1. The number of nitrogens with zero attached hydrogens (tertiary/aromatic N) is 2. The summed E-state index contributed by atoms with van der Waals surface area (Å²) in [5, 5.41) is 11.8. The molecule has 1 unspecified atom stereocenters. The van der Waals surface area contributed by atoms with E-state index in [0.29, 0.717) is 5.69 Å². The van der Waals surface area contributed by atoms with Gasteiger partial charge >= 0.3 is 0 Å². The zero-order valence-corrected chi connectivity index (χ0v) is 7.73. The Morgan fingerprint density at radius 1 is 1.57 bits per heavy atom. The smallest absolute Gasteiger partial charge is 0.140 e. The van der Waals surface area contributed by atoms with E-state index < -0.39 is 0 Å². The van der Waals surface area contributed by atoms with E-state index in [1.165, 1.54) is 0 Å². The zero-order valence-electron chi connectivity index (χ0n) is 7.73. The van der Waals surface area contributed by atoms with Crippen LogP contribution in [0.25, 0.3) is 0 Å². The molecule has 0 saturated carbocycles. The fourth-order valence-electron chi connectivity index (χ4n) is 1.44. The molecule has 0 aliphatic carbocycles. The lowest BCUT2D eigenvalue weighted by atomic mass is 10.1. The summed E-state index contributed by atoms with van der Waals surface area (Å²) in [7, 11) is 0. The van der Waals surface area contributed by atoms with Crippen molar-refractivity contribution < 1.29 is 4.74 Å². The van der Waals surface area contributed by atoms with Crippen LogP contribution in [-0.2, 0) is 4.74 Å². The van der Waals surface area contributed by atoms with Crippen molar-refractivity contribution in [1.82, 2.24) is 10.3 Å². The van der Waals surface area contributed by atoms with E-state index in [2.05, 4.69) is 10.3 Å². The molecule has 1 aliphatic heterocycles. The Morgan fingerprint density at radius 2 is 2.50 bits per heavy atom. The maximum Gasteiger partial charge on any atom is 0.140 e. The van der Waals surface area contributed by atoms with Crippen LogP contribution >= 0.6 is 0 Å². The second kappa shape index (κ2) is 4.18. The molecular weight excluding hydrogens is 178 g/mol. The predicted octanol–water partition coefficient (Wildman–Crippen LogP) is 0.614. The molecule has 4 nitrogen and oxygen atoms in total. The van der Waals surface area contributed by atoms with Crippen LogP contribution in [0.1, 0.15) is 17.4 Å². The Bertz CT molecular complexity index is 335. The summed E-state index contributed by atoms with van der Waals surface area (Å²) in [6.45, 7) is 2.44. The highest BCUT2D eigenvalue weighted by molar-refractivity contribution is 5.24. The lowest BCUT2D eigenvalue weighted by Crippen LogP contribution is -2.33. The molecule has 0 amide bonds. The lowest BCUT2D eigenvalue weighted by molar-refractivity contribution is 0.0275. The first kappa shape index (κ1) is 9.13. The molecular formula is C10H11N3O. The van der Waals surface area contributed by atoms with Gasteiger partial charge in [0.15, 0.2) is 0 Å². The molecule has 1 atom stereocenters. The molecule has 0 radical (unpaired) electrons. The van der Waals surface area contributed by atoms with E-state index in [4.69, 9.17) is 10.00 Å². The maximum absolute atomic E-state index is 8.58. The maximum atomic E-state index is 8.58. The molecule has 4 heteroatoms. The molecule has 1 N–H and O–H groups in total. The van der Waals surface area contributed by atoms with Crippen molar-refractivity contribution in [3.63, 3.8) is 0 Å². The van der Waals surface area contributed by atoms with Crippen molar-refractivity contribution in [3.8, 4) is 6.07 Å². The Hall–Kier alpha value is -1.44. The monoisotopic (exact) mass is 189 g/mol. The van der Waals surface area contributed by atoms with Gasteiger partial charge in [-0.05, 0) is 6.07 Å². The molecule has 1 aromatic rings. The average Bonchev–Trinajstić information content (AvgIpc) is 2.30. The molecule has 0 spiro atoms. The largest absolute Gasteiger partial charge is 0.371 e. The third kappa shape index (κ3) is 1.90. The number of rotatable bonds is 1.